The monoisotopic (exact) mass is 418 g/mol. The van der Waals surface area contributed by atoms with Crippen LogP contribution in [-0.2, 0) is 20.9 Å². The van der Waals surface area contributed by atoms with Crippen LogP contribution < -0.4 is 0 Å². The van der Waals surface area contributed by atoms with Crippen molar-refractivity contribution in [3.8, 4) is 0 Å². The zero-order valence-electron chi connectivity index (χ0n) is 18.2. The number of non-ortho nitro benzene ring substituents is 1. The number of likely N-dealkylation sites (tertiary alicyclic amines) is 1. The minimum absolute atomic E-state index is 0.0422. The Labute approximate surface area is 177 Å². The standard InChI is InChI=1S/C22H30N2O6/c1-7-8-18-19(20(25)23(18)15(4)14(2)3)22(5,6)30-21(26)29-13-16-9-11-17(12-10-16)24(27)28/h7,9-12,14-15,18-19H,1,8,13H2,2-6H3/t15?,18-,19+/m1/s1. The average molecular weight is 418 g/mol. The Morgan fingerprint density at radius 2 is 1.90 bits per heavy atom. The zero-order chi connectivity index (χ0) is 22.6. The molecule has 1 unspecified atom stereocenters. The molecule has 1 aliphatic heterocycles. The molecule has 1 fully saturated rings. The molecule has 1 aromatic rings. The minimum Gasteiger partial charge on any atom is -0.429 e. The molecule has 2 rings (SSSR count). The Bertz CT molecular complexity index is 802. The number of nitrogens with zero attached hydrogens (tertiary/aromatic N) is 2. The first-order valence-corrected chi connectivity index (χ1v) is 10.0. The summed E-state index contributed by atoms with van der Waals surface area (Å²) in [5, 5.41) is 10.7. The highest BCUT2D eigenvalue weighted by Crippen LogP contribution is 2.41. The summed E-state index contributed by atoms with van der Waals surface area (Å²) >= 11 is 0. The first kappa shape index (κ1) is 23.4. The lowest BCUT2D eigenvalue weighted by molar-refractivity contribution is -0.384. The number of carbonyl (C=O) groups is 2. The van der Waals surface area contributed by atoms with Gasteiger partial charge in [0.15, 0.2) is 0 Å². The van der Waals surface area contributed by atoms with Gasteiger partial charge in [0.25, 0.3) is 5.69 Å². The van der Waals surface area contributed by atoms with E-state index in [-0.39, 0.29) is 30.3 Å². The van der Waals surface area contributed by atoms with Crippen molar-refractivity contribution in [2.24, 2.45) is 11.8 Å². The summed E-state index contributed by atoms with van der Waals surface area (Å²) in [5.41, 5.74) is -0.499. The van der Waals surface area contributed by atoms with E-state index in [4.69, 9.17) is 9.47 Å². The van der Waals surface area contributed by atoms with Crippen molar-refractivity contribution in [2.45, 2.75) is 65.3 Å². The van der Waals surface area contributed by atoms with Crippen molar-refractivity contribution < 1.29 is 24.0 Å². The maximum atomic E-state index is 12.9. The van der Waals surface area contributed by atoms with E-state index in [1.165, 1.54) is 24.3 Å². The molecule has 8 nitrogen and oxygen atoms in total. The third-order valence-electron chi connectivity index (χ3n) is 5.67. The second-order valence-corrected chi connectivity index (χ2v) is 8.47. The summed E-state index contributed by atoms with van der Waals surface area (Å²) < 4.78 is 10.7. The third-order valence-corrected chi connectivity index (χ3v) is 5.67. The van der Waals surface area contributed by atoms with Crippen molar-refractivity contribution in [1.29, 1.82) is 0 Å². The Balaban J connectivity index is 2.00. The number of rotatable bonds is 9. The van der Waals surface area contributed by atoms with E-state index < -0.39 is 22.6 Å². The van der Waals surface area contributed by atoms with Crippen molar-refractivity contribution >= 4 is 17.7 Å². The Kier molecular flexibility index (Phi) is 7.23. The highest BCUT2D eigenvalue weighted by Gasteiger charge is 2.57. The lowest BCUT2D eigenvalue weighted by Gasteiger charge is -2.55. The number of nitro groups is 1. The van der Waals surface area contributed by atoms with Crippen LogP contribution >= 0.6 is 0 Å². The van der Waals surface area contributed by atoms with Gasteiger partial charge in [0, 0.05) is 18.2 Å². The lowest BCUT2D eigenvalue weighted by Crippen LogP contribution is -2.70. The van der Waals surface area contributed by atoms with E-state index in [0.29, 0.717) is 17.9 Å². The van der Waals surface area contributed by atoms with E-state index in [0.717, 1.165) is 0 Å². The van der Waals surface area contributed by atoms with Gasteiger partial charge < -0.3 is 14.4 Å². The fourth-order valence-electron chi connectivity index (χ4n) is 3.74. The molecule has 30 heavy (non-hydrogen) atoms. The predicted octanol–water partition coefficient (Wildman–Crippen LogP) is 4.47. The molecule has 1 heterocycles. The number of benzene rings is 1. The van der Waals surface area contributed by atoms with Gasteiger partial charge in [-0.3, -0.25) is 14.9 Å². The second kappa shape index (κ2) is 9.28. The number of nitro benzene ring substituents is 1. The van der Waals surface area contributed by atoms with Gasteiger partial charge in [-0.2, -0.15) is 0 Å². The molecule has 1 saturated heterocycles. The molecular formula is C22H30N2O6. The van der Waals surface area contributed by atoms with Crippen molar-refractivity contribution in [3.63, 3.8) is 0 Å². The molecule has 8 heteroatoms. The van der Waals surface area contributed by atoms with Gasteiger partial charge in [-0.05, 0) is 50.8 Å². The Morgan fingerprint density at radius 1 is 1.30 bits per heavy atom. The summed E-state index contributed by atoms with van der Waals surface area (Å²) in [5.74, 6) is -0.224. The number of β-lactam (4-membered cyclic amide) rings is 1. The van der Waals surface area contributed by atoms with Crippen LogP contribution in [0.25, 0.3) is 0 Å². The molecule has 0 saturated carbocycles. The van der Waals surface area contributed by atoms with Crippen molar-refractivity contribution in [1.82, 2.24) is 4.90 Å². The van der Waals surface area contributed by atoms with Crippen LogP contribution in [0.5, 0.6) is 0 Å². The van der Waals surface area contributed by atoms with Crippen LogP contribution in [0.2, 0.25) is 0 Å². The first-order valence-electron chi connectivity index (χ1n) is 10.0. The number of carbonyl (C=O) groups excluding carboxylic acids is 2. The molecular weight excluding hydrogens is 388 g/mol. The van der Waals surface area contributed by atoms with Gasteiger partial charge in [-0.15, -0.1) is 6.58 Å². The topological polar surface area (TPSA) is 99.0 Å². The largest absolute Gasteiger partial charge is 0.509 e. The minimum atomic E-state index is -1.05. The van der Waals surface area contributed by atoms with Gasteiger partial charge in [0.05, 0.1) is 16.9 Å². The average Bonchev–Trinajstić information content (AvgIpc) is 2.65. The summed E-state index contributed by atoms with van der Waals surface area (Å²) in [6.45, 7) is 13.3. The fraction of sp³-hybridized carbons (Fsp3) is 0.545. The summed E-state index contributed by atoms with van der Waals surface area (Å²) in [6.07, 6.45) is 1.49. The van der Waals surface area contributed by atoms with Crippen LogP contribution in [-0.4, -0.2) is 39.6 Å². The lowest BCUT2D eigenvalue weighted by atomic mass is 9.73. The van der Waals surface area contributed by atoms with Gasteiger partial charge in [0.2, 0.25) is 5.91 Å². The number of amides is 1. The highest BCUT2D eigenvalue weighted by atomic mass is 16.7. The maximum absolute atomic E-state index is 12.9. The van der Waals surface area contributed by atoms with Crippen molar-refractivity contribution in [3.05, 3.63) is 52.6 Å². The number of ether oxygens (including phenoxy) is 2. The predicted molar refractivity (Wildman–Crippen MR) is 112 cm³/mol. The molecule has 1 amide bonds. The molecule has 0 aromatic heterocycles. The van der Waals surface area contributed by atoms with Crippen LogP contribution in [0.4, 0.5) is 10.5 Å². The summed E-state index contributed by atoms with van der Waals surface area (Å²) in [6, 6.07) is 5.68. The second-order valence-electron chi connectivity index (χ2n) is 8.47. The van der Waals surface area contributed by atoms with Gasteiger partial charge >= 0.3 is 6.16 Å². The maximum Gasteiger partial charge on any atom is 0.509 e. The molecule has 164 valence electrons. The molecule has 0 bridgehead atoms. The van der Waals surface area contributed by atoms with Crippen molar-refractivity contribution in [2.75, 3.05) is 0 Å². The van der Waals surface area contributed by atoms with E-state index in [1.54, 1.807) is 19.9 Å². The normalized spacial score (nSPS) is 19.8. The number of hydrogen-bond donors (Lipinski definition) is 0. The first-order chi connectivity index (χ1) is 14.0. The zero-order valence-corrected chi connectivity index (χ0v) is 18.2. The van der Waals surface area contributed by atoms with E-state index in [2.05, 4.69) is 20.4 Å². The van der Waals surface area contributed by atoms with Gasteiger partial charge in [0.1, 0.15) is 12.2 Å². The Morgan fingerprint density at radius 3 is 2.40 bits per heavy atom. The molecule has 1 aromatic carbocycles. The fourth-order valence-corrected chi connectivity index (χ4v) is 3.74. The molecule has 0 N–H and O–H groups in total. The highest BCUT2D eigenvalue weighted by molar-refractivity contribution is 5.88. The molecule has 0 spiro atoms. The third kappa shape index (κ3) is 4.98. The van der Waals surface area contributed by atoms with Gasteiger partial charge in [-0.1, -0.05) is 19.9 Å². The molecule has 0 aliphatic carbocycles. The van der Waals surface area contributed by atoms with Crippen LogP contribution in [0, 0.1) is 22.0 Å². The van der Waals surface area contributed by atoms with E-state index in [1.807, 2.05) is 11.8 Å². The van der Waals surface area contributed by atoms with Gasteiger partial charge in [-0.25, -0.2) is 4.79 Å². The SMILES string of the molecule is C=CC[C@@H]1[C@H](C(C)(C)OC(=O)OCc2ccc([N+](=O)[O-])cc2)C(=O)N1C(C)C(C)C. The quantitative estimate of drug-likeness (QED) is 0.193. The van der Waals surface area contributed by atoms with Crippen LogP contribution in [0.1, 0.15) is 46.6 Å². The van der Waals surface area contributed by atoms with E-state index in [9.17, 15) is 19.7 Å². The molecule has 1 aliphatic rings. The summed E-state index contributed by atoms with van der Waals surface area (Å²) in [4.78, 5) is 37.2. The molecule has 0 radical (unpaired) electrons. The van der Waals surface area contributed by atoms with Crippen LogP contribution in [0.15, 0.2) is 36.9 Å². The number of hydrogen-bond acceptors (Lipinski definition) is 6. The Hall–Kier alpha value is -2.90. The smallest absolute Gasteiger partial charge is 0.429 e. The molecule has 3 atom stereocenters. The van der Waals surface area contributed by atoms with E-state index >= 15 is 0 Å². The van der Waals surface area contributed by atoms with Crippen LogP contribution in [0.3, 0.4) is 0 Å². The summed E-state index contributed by atoms with van der Waals surface area (Å²) in [7, 11) is 0.